The second-order valence-corrected chi connectivity index (χ2v) is 6.86. The van der Waals surface area contributed by atoms with E-state index in [4.69, 9.17) is 21.3 Å². The number of fused-ring (bicyclic) bond motifs is 1. The second-order valence-electron chi connectivity index (χ2n) is 6.43. The van der Waals surface area contributed by atoms with Gasteiger partial charge in [0, 0.05) is 28.5 Å². The minimum absolute atomic E-state index is 0.260. The van der Waals surface area contributed by atoms with Crippen molar-refractivity contribution in [2.45, 2.75) is 6.92 Å². The zero-order valence-corrected chi connectivity index (χ0v) is 16.2. The highest BCUT2D eigenvalue weighted by Crippen LogP contribution is 2.31. The van der Waals surface area contributed by atoms with Crippen LogP contribution in [-0.2, 0) is 0 Å². The molecule has 0 aliphatic carbocycles. The Morgan fingerprint density at radius 3 is 2.75 bits per heavy atom. The number of rotatable bonds is 4. The van der Waals surface area contributed by atoms with Gasteiger partial charge in [0.05, 0.1) is 18.5 Å². The van der Waals surface area contributed by atoms with E-state index in [-0.39, 0.29) is 5.91 Å². The van der Waals surface area contributed by atoms with Crippen LogP contribution < -0.4 is 10.1 Å². The van der Waals surface area contributed by atoms with E-state index in [2.05, 4.69) is 5.32 Å². The number of hydrogen-bond donors (Lipinski definition) is 1. The van der Waals surface area contributed by atoms with Crippen LogP contribution in [0, 0.1) is 6.92 Å². The number of pyridine rings is 1. The van der Waals surface area contributed by atoms with Gasteiger partial charge in [0.25, 0.3) is 5.91 Å². The van der Waals surface area contributed by atoms with Crippen LogP contribution in [0.25, 0.3) is 16.9 Å². The summed E-state index contributed by atoms with van der Waals surface area (Å²) in [6.45, 7) is 2.02. The Hall–Kier alpha value is -3.31. The number of imidazole rings is 1. The average molecular weight is 392 g/mol. The van der Waals surface area contributed by atoms with Crippen molar-refractivity contribution >= 4 is 28.8 Å². The Bertz CT molecular complexity index is 1180. The number of carbonyl (C=O) groups is 1. The van der Waals surface area contributed by atoms with Crippen LogP contribution in [0.3, 0.4) is 0 Å². The molecule has 0 aliphatic heterocycles. The van der Waals surface area contributed by atoms with Crippen LogP contribution >= 0.6 is 11.6 Å². The van der Waals surface area contributed by atoms with E-state index in [1.54, 1.807) is 31.4 Å². The first-order chi connectivity index (χ1) is 13.5. The third-order valence-electron chi connectivity index (χ3n) is 4.51. The van der Waals surface area contributed by atoms with E-state index >= 15 is 0 Å². The summed E-state index contributed by atoms with van der Waals surface area (Å²) in [5.74, 6) is 0.308. The van der Waals surface area contributed by atoms with E-state index in [9.17, 15) is 4.79 Å². The van der Waals surface area contributed by atoms with Crippen molar-refractivity contribution in [2.75, 3.05) is 12.4 Å². The molecule has 2 aromatic carbocycles. The van der Waals surface area contributed by atoms with Crippen LogP contribution in [-0.4, -0.2) is 22.4 Å². The summed E-state index contributed by atoms with van der Waals surface area (Å²) < 4.78 is 7.39. The Morgan fingerprint density at radius 2 is 2.00 bits per heavy atom. The maximum absolute atomic E-state index is 12.6. The largest absolute Gasteiger partial charge is 0.495 e. The molecule has 28 heavy (non-hydrogen) atoms. The van der Waals surface area contributed by atoms with E-state index in [1.165, 1.54) is 0 Å². The first kappa shape index (κ1) is 18.1. The first-order valence-electron chi connectivity index (χ1n) is 8.75. The Balaban J connectivity index is 1.71. The molecule has 5 nitrogen and oxygen atoms in total. The lowest BCUT2D eigenvalue weighted by Gasteiger charge is -2.12. The van der Waals surface area contributed by atoms with E-state index in [1.807, 2.05) is 54.0 Å². The number of carbonyl (C=O) groups excluding carboxylic acids is 1. The van der Waals surface area contributed by atoms with Gasteiger partial charge in [-0.3, -0.25) is 4.79 Å². The average Bonchev–Trinajstić information content (AvgIpc) is 3.14. The molecular weight excluding hydrogens is 374 g/mol. The molecule has 0 spiro atoms. The van der Waals surface area contributed by atoms with Crippen LogP contribution in [0.15, 0.2) is 67.0 Å². The Labute approximate surface area is 167 Å². The third kappa shape index (κ3) is 3.44. The smallest absolute Gasteiger partial charge is 0.255 e. The molecule has 0 saturated carbocycles. The van der Waals surface area contributed by atoms with Gasteiger partial charge >= 0.3 is 0 Å². The van der Waals surface area contributed by atoms with Crippen molar-refractivity contribution in [3.05, 3.63) is 83.1 Å². The van der Waals surface area contributed by atoms with Gasteiger partial charge in [-0.25, -0.2) is 4.98 Å². The summed E-state index contributed by atoms with van der Waals surface area (Å²) in [5.41, 5.74) is 4.73. The number of aryl methyl sites for hydroxylation is 1. The van der Waals surface area contributed by atoms with Crippen molar-refractivity contribution in [3.63, 3.8) is 0 Å². The summed E-state index contributed by atoms with van der Waals surface area (Å²) >= 11 is 5.99. The number of ether oxygens (including phenoxy) is 1. The molecule has 140 valence electrons. The number of amides is 1. The summed E-state index contributed by atoms with van der Waals surface area (Å²) in [4.78, 5) is 17.3. The number of aromatic nitrogens is 2. The van der Waals surface area contributed by atoms with Gasteiger partial charge in [-0.2, -0.15) is 0 Å². The van der Waals surface area contributed by atoms with Crippen LogP contribution in [0.4, 0.5) is 5.69 Å². The summed E-state index contributed by atoms with van der Waals surface area (Å²) in [6, 6.07) is 16.4. The first-order valence-corrected chi connectivity index (χ1v) is 9.12. The molecule has 2 heterocycles. The normalized spacial score (nSPS) is 10.8. The number of hydrogen-bond acceptors (Lipinski definition) is 3. The summed E-state index contributed by atoms with van der Waals surface area (Å²) in [5, 5.41) is 3.41. The lowest BCUT2D eigenvalue weighted by atomic mass is 10.1. The molecule has 4 rings (SSSR count). The van der Waals surface area contributed by atoms with Crippen LogP contribution in [0.2, 0.25) is 5.02 Å². The highest BCUT2D eigenvalue weighted by molar-refractivity contribution is 6.31. The van der Waals surface area contributed by atoms with Crippen molar-refractivity contribution < 1.29 is 9.53 Å². The highest BCUT2D eigenvalue weighted by atomic mass is 35.5. The molecule has 0 unspecified atom stereocenters. The quantitative estimate of drug-likeness (QED) is 0.518. The number of anilines is 1. The number of methoxy groups -OCH3 is 1. The van der Waals surface area contributed by atoms with E-state index in [0.29, 0.717) is 22.0 Å². The van der Waals surface area contributed by atoms with E-state index in [0.717, 1.165) is 22.5 Å². The predicted molar refractivity (Wildman–Crippen MR) is 111 cm³/mol. The SMILES string of the molecule is COc1ccc(-c2cn3cccc(C)c3n2)cc1NC(=O)c1cccc(Cl)c1. The monoisotopic (exact) mass is 391 g/mol. The maximum Gasteiger partial charge on any atom is 0.255 e. The molecule has 4 aromatic rings. The second kappa shape index (κ2) is 7.37. The van der Waals surface area contributed by atoms with Gasteiger partial charge in [0.15, 0.2) is 0 Å². The van der Waals surface area contributed by atoms with Gasteiger partial charge in [0.2, 0.25) is 0 Å². The minimum Gasteiger partial charge on any atom is -0.495 e. The molecule has 6 heteroatoms. The Morgan fingerprint density at radius 1 is 1.14 bits per heavy atom. The molecule has 0 atom stereocenters. The zero-order valence-electron chi connectivity index (χ0n) is 15.4. The van der Waals surface area contributed by atoms with Crippen molar-refractivity contribution in [1.82, 2.24) is 9.38 Å². The standard InChI is InChI=1S/C22H18ClN3O2/c1-14-5-4-10-26-13-19(24-21(14)26)15-8-9-20(28-2)18(12-15)25-22(27)16-6-3-7-17(23)11-16/h3-13H,1-2H3,(H,25,27). The molecular formula is C22H18ClN3O2. The lowest BCUT2D eigenvalue weighted by molar-refractivity contribution is 0.102. The summed E-state index contributed by atoms with van der Waals surface area (Å²) in [7, 11) is 1.57. The Kier molecular flexibility index (Phi) is 4.75. The van der Waals surface area contributed by atoms with Gasteiger partial charge in [-0.05, 0) is 55.0 Å². The fourth-order valence-electron chi connectivity index (χ4n) is 3.08. The molecule has 0 fully saturated rings. The molecule has 1 N–H and O–H groups in total. The number of benzene rings is 2. The van der Waals surface area contributed by atoms with Crippen LogP contribution in [0.1, 0.15) is 15.9 Å². The lowest BCUT2D eigenvalue weighted by Crippen LogP contribution is -2.12. The van der Waals surface area contributed by atoms with Crippen molar-refractivity contribution in [3.8, 4) is 17.0 Å². The zero-order chi connectivity index (χ0) is 19.7. The minimum atomic E-state index is -0.260. The van der Waals surface area contributed by atoms with Crippen molar-refractivity contribution in [2.24, 2.45) is 0 Å². The van der Waals surface area contributed by atoms with Crippen molar-refractivity contribution in [1.29, 1.82) is 0 Å². The van der Waals surface area contributed by atoms with E-state index < -0.39 is 0 Å². The third-order valence-corrected chi connectivity index (χ3v) is 4.74. The highest BCUT2D eigenvalue weighted by Gasteiger charge is 2.13. The molecule has 0 radical (unpaired) electrons. The van der Waals surface area contributed by atoms with Gasteiger partial charge in [-0.15, -0.1) is 0 Å². The number of nitrogens with zero attached hydrogens (tertiary/aromatic N) is 2. The van der Waals surface area contributed by atoms with Crippen LogP contribution in [0.5, 0.6) is 5.75 Å². The molecule has 0 saturated heterocycles. The molecule has 0 aliphatic rings. The number of halogens is 1. The fraction of sp³-hybridized carbons (Fsp3) is 0.0909. The van der Waals surface area contributed by atoms with Gasteiger partial charge in [0.1, 0.15) is 11.4 Å². The number of nitrogens with one attached hydrogen (secondary N) is 1. The fourth-order valence-corrected chi connectivity index (χ4v) is 3.27. The molecule has 0 bridgehead atoms. The predicted octanol–water partition coefficient (Wildman–Crippen LogP) is 5.22. The molecule has 2 aromatic heterocycles. The van der Waals surface area contributed by atoms with Gasteiger partial charge in [-0.1, -0.05) is 23.7 Å². The maximum atomic E-state index is 12.6. The summed E-state index contributed by atoms with van der Waals surface area (Å²) in [6.07, 6.45) is 3.93. The topological polar surface area (TPSA) is 55.6 Å². The van der Waals surface area contributed by atoms with Gasteiger partial charge < -0.3 is 14.5 Å². The molecule has 1 amide bonds.